The molecule has 2 N–H and O–H groups in total. The Morgan fingerprint density at radius 3 is 2.71 bits per heavy atom. The van der Waals surface area contributed by atoms with Crippen molar-refractivity contribution in [3.63, 3.8) is 0 Å². The number of hydrogen-bond donors (Lipinski definition) is 1. The lowest BCUT2D eigenvalue weighted by Gasteiger charge is -1.99. The summed E-state index contributed by atoms with van der Waals surface area (Å²) in [7, 11) is 0. The number of azide groups is 1. The van der Waals surface area contributed by atoms with E-state index in [1.54, 1.807) is 16.8 Å². The lowest BCUT2D eigenvalue weighted by molar-refractivity contribution is 0.679. The minimum Gasteiger partial charge on any atom is -0.383 e. The van der Waals surface area contributed by atoms with Crippen LogP contribution in [0.1, 0.15) is 6.92 Å². The summed E-state index contributed by atoms with van der Waals surface area (Å²) in [4.78, 5) is 11.0. The van der Waals surface area contributed by atoms with E-state index in [1.807, 2.05) is 19.1 Å². The van der Waals surface area contributed by atoms with Gasteiger partial charge in [0.15, 0.2) is 5.65 Å². The van der Waals surface area contributed by atoms with Crippen LogP contribution >= 0.6 is 0 Å². The zero-order chi connectivity index (χ0) is 14.8. The highest BCUT2D eigenvalue weighted by Crippen LogP contribution is 2.30. The van der Waals surface area contributed by atoms with Gasteiger partial charge in [-0.1, -0.05) is 29.4 Å². The van der Waals surface area contributed by atoms with Crippen molar-refractivity contribution >= 4 is 22.5 Å². The van der Waals surface area contributed by atoms with Gasteiger partial charge in [0.25, 0.3) is 0 Å². The van der Waals surface area contributed by atoms with Crippen LogP contribution in [0.3, 0.4) is 0 Å². The Balaban J connectivity index is 2.22. The van der Waals surface area contributed by atoms with E-state index in [-0.39, 0.29) is 0 Å². The first-order valence-corrected chi connectivity index (χ1v) is 6.37. The maximum atomic E-state index is 8.43. The third kappa shape index (κ3) is 2.13. The number of nitrogens with two attached hydrogens (primary N) is 1. The minimum absolute atomic E-state index is 0.397. The van der Waals surface area contributed by atoms with E-state index >= 15 is 0 Å². The molecule has 0 aliphatic carbocycles. The lowest BCUT2D eigenvalue weighted by Crippen LogP contribution is -1.98. The number of benzene rings is 1. The molecule has 8 heteroatoms. The SMILES string of the molecule is CCn1nc(-c2ccc(N=[N+]=[N-])cc2)c2c(N)ncnc21. The first-order valence-electron chi connectivity index (χ1n) is 6.37. The maximum absolute atomic E-state index is 8.43. The molecule has 1 aromatic carbocycles. The molecule has 0 fully saturated rings. The van der Waals surface area contributed by atoms with Gasteiger partial charge < -0.3 is 5.73 Å². The normalized spacial score (nSPS) is 10.5. The fraction of sp³-hybridized carbons (Fsp3) is 0.154. The van der Waals surface area contributed by atoms with Gasteiger partial charge >= 0.3 is 0 Å². The van der Waals surface area contributed by atoms with Crippen LogP contribution in [0, 0.1) is 0 Å². The van der Waals surface area contributed by atoms with E-state index < -0.39 is 0 Å². The molecule has 0 spiro atoms. The Bertz CT molecular complexity index is 842. The van der Waals surface area contributed by atoms with Crippen molar-refractivity contribution in [1.29, 1.82) is 0 Å². The number of nitrogen functional groups attached to an aromatic ring is 1. The molecule has 0 saturated heterocycles. The molecule has 2 aromatic heterocycles. The summed E-state index contributed by atoms with van der Waals surface area (Å²) in [6, 6.07) is 7.12. The number of fused-ring (bicyclic) bond motifs is 1. The van der Waals surface area contributed by atoms with Crippen LogP contribution in [0.15, 0.2) is 35.7 Å². The van der Waals surface area contributed by atoms with E-state index in [0.29, 0.717) is 23.7 Å². The molecule has 0 atom stereocenters. The Labute approximate surface area is 119 Å². The van der Waals surface area contributed by atoms with Gasteiger partial charge in [-0.3, -0.25) is 0 Å². The zero-order valence-corrected chi connectivity index (χ0v) is 11.3. The summed E-state index contributed by atoms with van der Waals surface area (Å²) in [5, 5.41) is 8.83. The van der Waals surface area contributed by atoms with Gasteiger partial charge in [0.05, 0.1) is 5.39 Å². The monoisotopic (exact) mass is 280 g/mol. The molecule has 0 aliphatic rings. The van der Waals surface area contributed by atoms with E-state index in [4.69, 9.17) is 11.3 Å². The quantitative estimate of drug-likeness (QED) is 0.450. The second kappa shape index (κ2) is 5.10. The van der Waals surface area contributed by atoms with Crippen molar-refractivity contribution in [3.05, 3.63) is 41.0 Å². The molecule has 0 unspecified atom stereocenters. The Kier molecular flexibility index (Phi) is 3.13. The first-order chi connectivity index (χ1) is 10.2. The van der Waals surface area contributed by atoms with Gasteiger partial charge in [-0.25, -0.2) is 14.6 Å². The standard InChI is InChI=1S/C13H12N8/c1-2-21-13-10(12(14)16-7-17-13)11(19-21)8-3-5-9(6-4-8)18-20-15/h3-7H,2H2,1H3,(H2,14,16,17). The summed E-state index contributed by atoms with van der Waals surface area (Å²) < 4.78 is 1.78. The summed E-state index contributed by atoms with van der Waals surface area (Å²) in [6.45, 7) is 2.67. The lowest BCUT2D eigenvalue weighted by atomic mass is 10.1. The van der Waals surface area contributed by atoms with Crippen molar-refractivity contribution in [2.75, 3.05) is 5.73 Å². The zero-order valence-electron chi connectivity index (χ0n) is 11.3. The summed E-state index contributed by atoms with van der Waals surface area (Å²) in [6.07, 6.45) is 1.43. The van der Waals surface area contributed by atoms with Crippen LogP contribution in [0.5, 0.6) is 0 Å². The molecule has 0 saturated carbocycles. The molecule has 0 bridgehead atoms. The van der Waals surface area contributed by atoms with Crippen LogP contribution in [0.25, 0.3) is 32.7 Å². The predicted molar refractivity (Wildman–Crippen MR) is 79.7 cm³/mol. The molecular formula is C13H12N8. The number of rotatable bonds is 3. The maximum Gasteiger partial charge on any atom is 0.163 e. The van der Waals surface area contributed by atoms with Gasteiger partial charge in [0.1, 0.15) is 17.8 Å². The number of aromatic nitrogens is 4. The predicted octanol–water partition coefficient (Wildman–Crippen LogP) is 3.04. The molecule has 21 heavy (non-hydrogen) atoms. The first kappa shape index (κ1) is 12.9. The summed E-state index contributed by atoms with van der Waals surface area (Å²) in [5.41, 5.74) is 17.2. The van der Waals surface area contributed by atoms with Crippen molar-refractivity contribution < 1.29 is 0 Å². The number of hydrogen-bond acceptors (Lipinski definition) is 5. The summed E-state index contributed by atoms with van der Waals surface area (Å²) in [5.74, 6) is 0.397. The van der Waals surface area contributed by atoms with Crippen LogP contribution in [-0.4, -0.2) is 19.7 Å². The Morgan fingerprint density at radius 1 is 1.29 bits per heavy atom. The van der Waals surface area contributed by atoms with Gasteiger partial charge in [-0.15, -0.1) is 0 Å². The summed E-state index contributed by atoms with van der Waals surface area (Å²) >= 11 is 0. The number of nitrogens with zero attached hydrogens (tertiary/aromatic N) is 7. The van der Waals surface area contributed by atoms with Gasteiger partial charge in [0, 0.05) is 22.7 Å². The molecule has 0 amide bonds. The van der Waals surface area contributed by atoms with Crippen LogP contribution < -0.4 is 5.73 Å². The van der Waals surface area contributed by atoms with Crippen molar-refractivity contribution in [2.45, 2.75) is 13.5 Å². The Morgan fingerprint density at radius 2 is 2.05 bits per heavy atom. The second-order valence-electron chi connectivity index (χ2n) is 4.36. The Hall–Kier alpha value is -3.12. The number of aryl methyl sites for hydroxylation is 1. The van der Waals surface area contributed by atoms with Crippen LogP contribution in [-0.2, 0) is 6.54 Å². The molecule has 2 heterocycles. The molecule has 3 aromatic rings. The van der Waals surface area contributed by atoms with Crippen molar-refractivity contribution in [3.8, 4) is 11.3 Å². The fourth-order valence-corrected chi connectivity index (χ4v) is 2.19. The molecule has 104 valence electrons. The van der Waals surface area contributed by atoms with Crippen LogP contribution in [0.4, 0.5) is 11.5 Å². The van der Waals surface area contributed by atoms with E-state index in [2.05, 4.69) is 25.1 Å². The minimum atomic E-state index is 0.397. The fourth-order valence-electron chi connectivity index (χ4n) is 2.19. The topological polar surface area (TPSA) is 118 Å². The van der Waals surface area contributed by atoms with E-state index in [1.165, 1.54) is 6.33 Å². The highest BCUT2D eigenvalue weighted by Gasteiger charge is 2.15. The molecule has 0 aliphatic heterocycles. The number of anilines is 1. The average molecular weight is 280 g/mol. The van der Waals surface area contributed by atoms with Crippen molar-refractivity contribution in [2.24, 2.45) is 5.11 Å². The molecule has 3 rings (SSSR count). The van der Waals surface area contributed by atoms with E-state index in [0.717, 1.165) is 16.6 Å². The second-order valence-corrected chi connectivity index (χ2v) is 4.36. The van der Waals surface area contributed by atoms with Gasteiger partial charge in [-0.05, 0) is 12.5 Å². The smallest absolute Gasteiger partial charge is 0.163 e. The third-order valence-corrected chi connectivity index (χ3v) is 3.16. The molecular weight excluding hydrogens is 268 g/mol. The largest absolute Gasteiger partial charge is 0.383 e. The average Bonchev–Trinajstić information content (AvgIpc) is 2.89. The van der Waals surface area contributed by atoms with Crippen molar-refractivity contribution in [1.82, 2.24) is 19.7 Å². The van der Waals surface area contributed by atoms with Gasteiger partial charge in [-0.2, -0.15) is 5.10 Å². The molecule has 8 nitrogen and oxygen atoms in total. The highest BCUT2D eigenvalue weighted by molar-refractivity contribution is 5.98. The molecule has 0 radical (unpaired) electrons. The van der Waals surface area contributed by atoms with Gasteiger partial charge in [0.2, 0.25) is 0 Å². The highest BCUT2D eigenvalue weighted by atomic mass is 15.3. The van der Waals surface area contributed by atoms with E-state index in [9.17, 15) is 0 Å². The van der Waals surface area contributed by atoms with Crippen LogP contribution in [0.2, 0.25) is 0 Å². The third-order valence-electron chi connectivity index (χ3n) is 3.16.